The van der Waals surface area contributed by atoms with Crippen LogP contribution in [0.2, 0.25) is 0 Å². The summed E-state index contributed by atoms with van der Waals surface area (Å²) in [7, 11) is 0. The number of rotatable bonds is 0. The van der Waals surface area contributed by atoms with Crippen LogP contribution in [0.25, 0.3) is 0 Å². The molecule has 0 heterocycles. The van der Waals surface area contributed by atoms with Gasteiger partial charge in [0.15, 0.2) is 0 Å². The molecule has 0 atom stereocenters. The fourth-order valence-corrected chi connectivity index (χ4v) is 0.506. The van der Waals surface area contributed by atoms with Crippen molar-refractivity contribution in [2.24, 2.45) is 0 Å². The number of phenolic OH excluding ortho intramolecular Hbond substituents is 1. The van der Waals surface area contributed by atoms with Crippen LogP contribution in [0.3, 0.4) is 0 Å². The molecule has 0 amide bonds. The Hall–Kier alpha value is 0.124. The minimum Gasteiger partial charge on any atom is -0.533 e. The van der Waals surface area contributed by atoms with Gasteiger partial charge in [-0.15, -0.1) is 11.6 Å². The minimum absolute atomic E-state index is 0. The Morgan fingerprint density at radius 2 is 2.22 bits per heavy atom. The molecule has 0 aromatic heterocycles. The van der Waals surface area contributed by atoms with Crippen molar-refractivity contribution in [1.82, 2.24) is 0 Å². The van der Waals surface area contributed by atoms with Crippen LogP contribution >= 0.6 is 0 Å². The van der Waals surface area contributed by atoms with Crippen LogP contribution in [-0.2, 0) is 32.7 Å². The van der Waals surface area contributed by atoms with Crippen molar-refractivity contribution in [2.45, 2.75) is 6.92 Å². The second-order valence-electron chi connectivity index (χ2n) is 1.71. The number of hydrogen-bond donors (Lipinski definition) is 1. The molecule has 1 N–H and O–H groups in total. The van der Waals surface area contributed by atoms with Gasteiger partial charge in [-0.2, -0.15) is 18.2 Å². The molecule has 2 heteroatoms. The molecule has 1 aromatic rings. The molecule has 9 heavy (non-hydrogen) atoms. The van der Waals surface area contributed by atoms with Gasteiger partial charge in [-0.05, 0) is 0 Å². The number of phenols is 1. The van der Waals surface area contributed by atoms with E-state index in [4.69, 9.17) is 5.11 Å². The van der Waals surface area contributed by atoms with E-state index in [1.807, 2.05) is 6.92 Å². The Labute approximate surface area is 80.0 Å². The maximum atomic E-state index is 8.90. The molecule has 0 aliphatic carbocycles. The quantitative estimate of drug-likeness (QED) is 0.623. The Kier molecular flexibility index (Phi) is 4.08. The van der Waals surface area contributed by atoms with Gasteiger partial charge in [-0.3, -0.25) is 0 Å². The van der Waals surface area contributed by atoms with Crippen molar-refractivity contribution in [3.05, 3.63) is 29.8 Å². The van der Waals surface area contributed by atoms with Crippen LogP contribution in [-0.4, -0.2) is 5.11 Å². The van der Waals surface area contributed by atoms with E-state index in [-0.39, 0.29) is 32.7 Å². The van der Waals surface area contributed by atoms with E-state index in [9.17, 15) is 0 Å². The normalized spacial score (nSPS) is 8.11. The van der Waals surface area contributed by atoms with E-state index >= 15 is 0 Å². The first-order valence-corrected chi connectivity index (χ1v) is 2.46. The van der Waals surface area contributed by atoms with E-state index < -0.39 is 0 Å². The third kappa shape index (κ3) is 2.46. The zero-order valence-electron chi connectivity index (χ0n) is 5.26. The summed E-state index contributed by atoms with van der Waals surface area (Å²) in [6.45, 7) is 1.84. The molecule has 0 unspecified atom stereocenters. The van der Waals surface area contributed by atoms with Gasteiger partial charge in [0, 0.05) is 38.5 Å². The average Bonchev–Trinajstić information content (AvgIpc) is 1.77. The molecule has 0 aliphatic heterocycles. The van der Waals surface area contributed by atoms with Gasteiger partial charge in [0.25, 0.3) is 0 Å². The van der Waals surface area contributed by atoms with Gasteiger partial charge >= 0.3 is 0 Å². The zero-order valence-corrected chi connectivity index (χ0v) is 8.09. The fraction of sp³-hybridized carbons (Fsp3) is 0.143. The first-order chi connectivity index (χ1) is 3.80. The van der Waals surface area contributed by atoms with Crippen LogP contribution < -0.4 is 0 Å². The molecule has 0 saturated heterocycles. The number of hydrogen-bond acceptors (Lipinski definition) is 1. The van der Waals surface area contributed by atoms with E-state index in [2.05, 4.69) is 6.07 Å². The Balaban J connectivity index is 0.000000640. The minimum atomic E-state index is 0. The molecule has 1 radical (unpaired) electrons. The summed E-state index contributed by atoms with van der Waals surface area (Å²) >= 11 is 0. The largest absolute Gasteiger partial charge is 0.533 e. The van der Waals surface area contributed by atoms with E-state index in [1.165, 1.54) is 0 Å². The van der Waals surface area contributed by atoms with Crippen LogP contribution in [0.1, 0.15) is 5.56 Å². The molecule has 1 nitrogen and oxygen atoms in total. The number of aromatic hydroxyl groups is 1. The summed E-state index contributed by atoms with van der Waals surface area (Å²) < 4.78 is 0. The maximum Gasteiger partial charge on any atom is 0.0111 e. The summed E-state index contributed by atoms with van der Waals surface area (Å²) in [6.07, 6.45) is 0. The molecule has 0 fully saturated rings. The van der Waals surface area contributed by atoms with Crippen LogP contribution in [0, 0.1) is 13.0 Å². The first kappa shape index (κ1) is 9.12. The van der Waals surface area contributed by atoms with Crippen molar-refractivity contribution >= 4 is 0 Å². The standard InChI is InChI=1S/C7H7O.Y/c1-6-4-2-3-5-7(6)8;/h3-5,8H,1H3;/q-1;. The van der Waals surface area contributed by atoms with Crippen molar-refractivity contribution in [3.63, 3.8) is 0 Å². The summed E-state index contributed by atoms with van der Waals surface area (Å²) in [5, 5.41) is 8.90. The molecule has 1 rings (SSSR count). The summed E-state index contributed by atoms with van der Waals surface area (Å²) in [5.74, 6) is 0.337. The first-order valence-electron chi connectivity index (χ1n) is 2.46. The summed E-state index contributed by atoms with van der Waals surface area (Å²) in [5.41, 5.74) is 0.868. The Morgan fingerprint density at radius 1 is 1.56 bits per heavy atom. The zero-order chi connectivity index (χ0) is 5.98. The van der Waals surface area contributed by atoms with Gasteiger partial charge in [0.05, 0.1) is 0 Å². The molecule has 0 aliphatic rings. The third-order valence-electron chi connectivity index (χ3n) is 1.04. The van der Waals surface area contributed by atoms with Crippen molar-refractivity contribution in [2.75, 3.05) is 0 Å². The molecule has 0 spiro atoms. The number of benzene rings is 1. The molecule has 1 aromatic carbocycles. The predicted octanol–water partition coefficient (Wildman–Crippen LogP) is 1.50. The van der Waals surface area contributed by atoms with Gasteiger partial charge in [-0.25, -0.2) is 0 Å². The second kappa shape index (κ2) is 4.02. The topological polar surface area (TPSA) is 20.2 Å². The maximum absolute atomic E-state index is 8.90. The van der Waals surface area contributed by atoms with Crippen molar-refractivity contribution in [3.8, 4) is 5.75 Å². The number of aryl methyl sites for hydroxylation is 1. The van der Waals surface area contributed by atoms with E-state index in [0.29, 0.717) is 5.75 Å². The molecule has 45 valence electrons. The Bertz CT molecular complexity index is 165. The van der Waals surface area contributed by atoms with Gasteiger partial charge in [-0.1, -0.05) is 6.92 Å². The fourth-order valence-electron chi connectivity index (χ4n) is 0.506. The second-order valence-corrected chi connectivity index (χ2v) is 1.71. The SMILES string of the molecule is Cc1c[c-]ccc1O.[Y]. The van der Waals surface area contributed by atoms with Gasteiger partial charge in [0.2, 0.25) is 0 Å². The van der Waals surface area contributed by atoms with E-state index in [1.54, 1.807) is 18.2 Å². The van der Waals surface area contributed by atoms with Crippen molar-refractivity contribution in [1.29, 1.82) is 0 Å². The Morgan fingerprint density at radius 3 is 2.56 bits per heavy atom. The molecular weight excluding hydrogens is 189 g/mol. The molecule has 0 bridgehead atoms. The molecule has 0 saturated carbocycles. The van der Waals surface area contributed by atoms with Crippen LogP contribution in [0.15, 0.2) is 18.2 Å². The third-order valence-corrected chi connectivity index (χ3v) is 1.04. The summed E-state index contributed by atoms with van der Waals surface area (Å²) in [4.78, 5) is 0. The predicted molar refractivity (Wildman–Crippen MR) is 31.7 cm³/mol. The average molecular weight is 196 g/mol. The van der Waals surface area contributed by atoms with Gasteiger partial charge < -0.3 is 5.11 Å². The molecular formula is C7H7OY-. The van der Waals surface area contributed by atoms with E-state index in [0.717, 1.165) is 5.56 Å². The van der Waals surface area contributed by atoms with Crippen LogP contribution in [0.5, 0.6) is 5.75 Å². The monoisotopic (exact) mass is 196 g/mol. The smallest absolute Gasteiger partial charge is 0.0111 e. The van der Waals surface area contributed by atoms with Crippen molar-refractivity contribution < 1.29 is 37.8 Å². The van der Waals surface area contributed by atoms with Crippen LogP contribution in [0.4, 0.5) is 0 Å². The van der Waals surface area contributed by atoms with Gasteiger partial charge in [0.1, 0.15) is 0 Å². The summed E-state index contributed by atoms with van der Waals surface area (Å²) in [6, 6.07) is 7.89.